The van der Waals surface area contributed by atoms with Crippen molar-refractivity contribution in [3.63, 3.8) is 0 Å². The van der Waals surface area contributed by atoms with Gasteiger partial charge in [-0.05, 0) is 6.07 Å². The van der Waals surface area contributed by atoms with Crippen LogP contribution >= 0.6 is 0 Å². The number of rotatable bonds is 1. The first-order valence-corrected chi connectivity index (χ1v) is 7.11. The summed E-state index contributed by atoms with van der Waals surface area (Å²) < 4.78 is 1.65. The Hall–Kier alpha value is -3.01. The van der Waals surface area contributed by atoms with Gasteiger partial charge in [0.25, 0.3) is 5.56 Å². The molecule has 1 aliphatic rings. The molecule has 0 amide bonds. The van der Waals surface area contributed by atoms with E-state index in [2.05, 4.69) is 4.98 Å². The van der Waals surface area contributed by atoms with E-state index >= 15 is 0 Å². The van der Waals surface area contributed by atoms with Crippen molar-refractivity contribution < 1.29 is 0 Å². The van der Waals surface area contributed by atoms with Crippen molar-refractivity contribution in [1.82, 2.24) is 9.55 Å². The molecule has 0 fully saturated rings. The van der Waals surface area contributed by atoms with Crippen LogP contribution in [0.1, 0.15) is 17.0 Å². The predicted molar refractivity (Wildman–Crippen MR) is 85.6 cm³/mol. The first-order valence-electron chi connectivity index (χ1n) is 7.11. The maximum atomic E-state index is 12.3. The molecular weight excluding hydrogens is 274 g/mol. The summed E-state index contributed by atoms with van der Waals surface area (Å²) in [4.78, 5) is 21.3. The minimum atomic E-state index is -0.0815. The molecule has 0 saturated heterocycles. The molecule has 4 rings (SSSR count). The zero-order valence-corrected chi connectivity index (χ0v) is 11.8. The van der Waals surface area contributed by atoms with Crippen molar-refractivity contribution in [2.75, 3.05) is 0 Å². The van der Waals surface area contributed by atoms with E-state index in [4.69, 9.17) is 4.99 Å². The molecule has 3 aromatic rings. The number of aromatic nitrogens is 2. The van der Waals surface area contributed by atoms with E-state index in [-0.39, 0.29) is 5.56 Å². The lowest BCUT2D eigenvalue weighted by atomic mass is 10.0. The summed E-state index contributed by atoms with van der Waals surface area (Å²) in [5, 5.41) is 0. The van der Waals surface area contributed by atoms with Gasteiger partial charge in [-0.25, -0.2) is 4.98 Å². The quantitative estimate of drug-likeness (QED) is 0.690. The Morgan fingerprint density at radius 1 is 0.909 bits per heavy atom. The van der Waals surface area contributed by atoms with Crippen LogP contribution in [0.3, 0.4) is 0 Å². The highest BCUT2D eigenvalue weighted by molar-refractivity contribution is 6.15. The molecule has 0 unspecified atom stereocenters. The van der Waals surface area contributed by atoms with Gasteiger partial charge in [0, 0.05) is 23.4 Å². The number of hydrogen-bond donors (Lipinski definition) is 0. The van der Waals surface area contributed by atoms with Crippen LogP contribution < -0.4 is 5.56 Å². The second-order valence-corrected chi connectivity index (χ2v) is 5.08. The van der Waals surface area contributed by atoms with Gasteiger partial charge in [-0.3, -0.25) is 14.4 Å². The Balaban J connectivity index is 2.03. The second kappa shape index (κ2) is 5.07. The average Bonchev–Trinajstić information content (AvgIpc) is 2.73. The second-order valence-electron chi connectivity index (χ2n) is 5.08. The summed E-state index contributed by atoms with van der Waals surface area (Å²) in [5.74, 6) is 0.658. The molecule has 0 spiro atoms. The molecule has 4 nitrogen and oxygen atoms in total. The summed E-state index contributed by atoms with van der Waals surface area (Å²) in [6.07, 6.45) is 1.54. The molecule has 106 valence electrons. The Morgan fingerprint density at radius 2 is 1.68 bits per heavy atom. The molecule has 1 aliphatic heterocycles. The Kier molecular flexibility index (Phi) is 2.93. The molecule has 0 aliphatic carbocycles. The summed E-state index contributed by atoms with van der Waals surface area (Å²) >= 11 is 0. The molecule has 0 saturated carbocycles. The van der Waals surface area contributed by atoms with Crippen LogP contribution in [0, 0.1) is 0 Å². The molecule has 2 heterocycles. The van der Waals surface area contributed by atoms with Gasteiger partial charge >= 0.3 is 0 Å². The average molecular weight is 287 g/mol. The first kappa shape index (κ1) is 12.7. The van der Waals surface area contributed by atoms with E-state index in [0.717, 1.165) is 22.5 Å². The van der Waals surface area contributed by atoms with Crippen LogP contribution in [0.5, 0.6) is 0 Å². The smallest absolute Gasteiger partial charge is 0.258 e. The van der Waals surface area contributed by atoms with Gasteiger partial charge in [0.15, 0.2) is 0 Å². The summed E-state index contributed by atoms with van der Waals surface area (Å²) in [5.41, 5.74) is 3.62. The largest absolute Gasteiger partial charge is 0.276 e. The van der Waals surface area contributed by atoms with Crippen molar-refractivity contribution in [1.29, 1.82) is 0 Å². The van der Waals surface area contributed by atoms with Gasteiger partial charge in [-0.1, -0.05) is 48.5 Å². The molecule has 0 radical (unpaired) electrons. The highest BCUT2D eigenvalue weighted by atomic mass is 16.1. The van der Waals surface area contributed by atoms with Crippen LogP contribution in [-0.2, 0) is 6.54 Å². The Morgan fingerprint density at radius 3 is 2.55 bits per heavy atom. The van der Waals surface area contributed by atoms with Crippen molar-refractivity contribution in [2.24, 2.45) is 4.99 Å². The normalized spacial score (nSPS) is 12.8. The number of benzene rings is 2. The van der Waals surface area contributed by atoms with Gasteiger partial charge in [0.2, 0.25) is 0 Å². The van der Waals surface area contributed by atoms with E-state index in [9.17, 15) is 4.79 Å². The third-order valence-corrected chi connectivity index (χ3v) is 3.75. The van der Waals surface area contributed by atoms with Crippen molar-refractivity contribution in [2.45, 2.75) is 6.54 Å². The molecule has 1 aromatic heterocycles. The zero-order valence-electron chi connectivity index (χ0n) is 11.8. The van der Waals surface area contributed by atoms with Crippen LogP contribution in [0.4, 0.5) is 0 Å². The fourth-order valence-electron chi connectivity index (χ4n) is 2.76. The van der Waals surface area contributed by atoms with E-state index < -0.39 is 0 Å². The molecule has 2 aromatic carbocycles. The van der Waals surface area contributed by atoms with Gasteiger partial charge in [0.1, 0.15) is 5.82 Å². The fraction of sp³-hybridized carbons (Fsp3) is 0.0556. The summed E-state index contributed by atoms with van der Waals surface area (Å²) in [6, 6.07) is 19.3. The monoisotopic (exact) mass is 287 g/mol. The van der Waals surface area contributed by atoms with Crippen molar-refractivity contribution in [3.8, 4) is 5.69 Å². The van der Waals surface area contributed by atoms with Crippen LogP contribution in [0.15, 0.2) is 76.6 Å². The maximum Gasteiger partial charge on any atom is 0.258 e. The zero-order chi connectivity index (χ0) is 14.9. The molecule has 0 bridgehead atoms. The predicted octanol–water partition coefficient (Wildman–Crippen LogP) is 2.58. The van der Waals surface area contributed by atoms with E-state index in [1.54, 1.807) is 10.8 Å². The van der Waals surface area contributed by atoms with E-state index in [1.165, 1.54) is 6.07 Å². The lowest BCUT2D eigenvalue weighted by Gasteiger charge is -2.12. The molecule has 22 heavy (non-hydrogen) atoms. The lowest BCUT2D eigenvalue weighted by Crippen LogP contribution is -2.22. The van der Waals surface area contributed by atoms with E-state index in [0.29, 0.717) is 12.4 Å². The Bertz CT molecular complexity index is 926. The minimum absolute atomic E-state index is 0.0815. The molecule has 4 heteroatoms. The number of nitrogens with zero attached hydrogens (tertiary/aromatic N) is 3. The minimum Gasteiger partial charge on any atom is -0.276 e. The molecular formula is C18H13N3O. The van der Waals surface area contributed by atoms with E-state index in [1.807, 2.05) is 54.6 Å². The van der Waals surface area contributed by atoms with Gasteiger partial charge in [0.05, 0.1) is 17.9 Å². The lowest BCUT2D eigenvalue weighted by molar-refractivity contribution is 0.807. The topological polar surface area (TPSA) is 47.2 Å². The fourth-order valence-corrected chi connectivity index (χ4v) is 2.76. The molecule has 0 atom stereocenters. The molecule has 0 N–H and O–H groups in total. The standard InChI is InChI=1S/C18H13N3O/c22-17-10-11-19-16-12-20-18(13-6-2-1-3-7-13)14-8-4-5-9-15(14)21(16)17/h1-11H,12H2. The SMILES string of the molecule is O=c1ccnc2n1-c1ccccc1C(c1ccccc1)=NC2. The van der Waals surface area contributed by atoms with Crippen molar-refractivity contribution in [3.05, 3.63) is 94.2 Å². The van der Waals surface area contributed by atoms with Gasteiger partial charge < -0.3 is 0 Å². The summed E-state index contributed by atoms with van der Waals surface area (Å²) in [6.45, 7) is 0.384. The number of para-hydroxylation sites is 1. The third kappa shape index (κ3) is 1.97. The first-order chi connectivity index (χ1) is 10.8. The number of fused-ring (bicyclic) bond motifs is 3. The van der Waals surface area contributed by atoms with Crippen LogP contribution in [-0.4, -0.2) is 15.3 Å². The van der Waals surface area contributed by atoms with Crippen LogP contribution in [0.25, 0.3) is 5.69 Å². The van der Waals surface area contributed by atoms with Crippen LogP contribution in [0.2, 0.25) is 0 Å². The maximum absolute atomic E-state index is 12.3. The highest BCUT2D eigenvalue weighted by Crippen LogP contribution is 2.22. The third-order valence-electron chi connectivity index (χ3n) is 3.75. The van der Waals surface area contributed by atoms with Gasteiger partial charge in [-0.2, -0.15) is 0 Å². The Labute approximate surface area is 127 Å². The summed E-state index contributed by atoms with van der Waals surface area (Å²) in [7, 11) is 0. The van der Waals surface area contributed by atoms with Crippen molar-refractivity contribution >= 4 is 5.71 Å². The van der Waals surface area contributed by atoms with Gasteiger partial charge in [-0.15, -0.1) is 0 Å². The number of hydrogen-bond acceptors (Lipinski definition) is 3. The highest BCUT2D eigenvalue weighted by Gasteiger charge is 2.19. The number of aliphatic imine (C=N–C) groups is 1.